The first-order valence-electron chi connectivity index (χ1n) is 5.85. The number of fused-ring (bicyclic) bond motifs is 1. The van der Waals surface area contributed by atoms with Crippen LogP contribution in [0.2, 0.25) is 0 Å². The monoisotopic (exact) mass is 212 g/mol. The lowest BCUT2D eigenvalue weighted by atomic mass is 10.0. The van der Waals surface area contributed by atoms with Crippen LogP contribution in [0, 0.1) is 6.92 Å². The number of hydrogen-bond donors (Lipinski definition) is 0. The van der Waals surface area contributed by atoms with E-state index >= 15 is 0 Å². The molecule has 0 aliphatic rings. The molecular weight excluding hydrogens is 192 g/mol. The van der Waals surface area contributed by atoms with E-state index in [0.717, 1.165) is 0 Å². The molecule has 2 aromatic carbocycles. The molecule has 0 atom stereocenters. The second kappa shape index (κ2) is 6.12. The summed E-state index contributed by atoms with van der Waals surface area (Å²) in [6.07, 6.45) is 3.15. The average Bonchev–Trinajstić information content (AvgIpc) is 2.31. The normalized spacial score (nSPS) is 9.44. The van der Waals surface area contributed by atoms with Crippen LogP contribution in [0.25, 0.3) is 16.8 Å². The molecule has 0 unspecified atom stereocenters. The van der Waals surface area contributed by atoms with Gasteiger partial charge < -0.3 is 0 Å². The highest BCUT2D eigenvalue weighted by molar-refractivity contribution is 5.88. The maximum atomic E-state index is 3.80. The Hall–Kier alpha value is -1.56. The summed E-state index contributed by atoms with van der Waals surface area (Å²) >= 11 is 0. The smallest absolute Gasteiger partial charge is 0.0149 e. The van der Waals surface area contributed by atoms with Gasteiger partial charge in [-0.25, -0.2) is 0 Å². The van der Waals surface area contributed by atoms with Crippen molar-refractivity contribution in [3.05, 3.63) is 54.1 Å². The average molecular weight is 212 g/mol. The SMILES string of the molecule is C=Cc1ccc2ccccc2c1C.CCC. The molecule has 0 bridgehead atoms. The Balaban J connectivity index is 0.000000386. The Kier molecular flexibility index (Phi) is 4.78. The van der Waals surface area contributed by atoms with Crippen molar-refractivity contribution in [2.24, 2.45) is 0 Å². The maximum Gasteiger partial charge on any atom is -0.0149 e. The molecule has 0 heteroatoms. The predicted octanol–water partition coefficient (Wildman–Crippen LogP) is 5.21. The van der Waals surface area contributed by atoms with Gasteiger partial charge in [0, 0.05) is 0 Å². The Morgan fingerprint density at radius 1 is 1.06 bits per heavy atom. The van der Waals surface area contributed by atoms with Crippen LogP contribution in [0.3, 0.4) is 0 Å². The van der Waals surface area contributed by atoms with E-state index in [0.29, 0.717) is 0 Å². The standard InChI is InChI=1S/C13H12.C3H8/c1-3-11-8-9-12-6-4-5-7-13(12)10(11)2;1-3-2/h3-9H,1H2,2H3;3H2,1-2H3. The van der Waals surface area contributed by atoms with Gasteiger partial charge in [0.15, 0.2) is 0 Å². The molecule has 0 amide bonds. The first kappa shape index (κ1) is 12.5. The van der Waals surface area contributed by atoms with Crippen LogP contribution in [0.4, 0.5) is 0 Å². The predicted molar refractivity (Wildman–Crippen MR) is 74.7 cm³/mol. The van der Waals surface area contributed by atoms with E-state index in [1.54, 1.807) is 0 Å². The lowest BCUT2D eigenvalue weighted by molar-refractivity contribution is 1.09. The summed E-state index contributed by atoms with van der Waals surface area (Å²) in [7, 11) is 0. The van der Waals surface area contributed by atoms with Gasteiger partial charge in [-0.3, -0.25) is 0 Å². The molecule has 0 spiro atoms. The van der Waals surface area contributed by atoms with Gasteiger partial charge >= 0.3 is 0 Å². The van der Waals surface area contributed by atoms with Crippen molar-refractivity contribution >= 4 is 16.8 Å². The van der Waals surface area contributed by atoms with Crippen LogP contribution >= 0.6 is 0 Å². The van der Waals surface area contributed by atoms with Crippen molar-refractivity contribution in [1.82, 2.24) is 0 Å². The van der Waals surface area contributed by atoms with E-state index in [2.05, 4.69) is 63.7 Å². The summed E-state index contributed by atoms with van der Waals surface area (Å²) in [5.41, 5.74) is 2.53. The molecule has 0 N–H and O–H groups in total. The summed E-state index contributed by atoms with van der Waals surface area (Å²) < 4.78 is 0. The third-order valence-corrected chi connectivity index (χ3v) is 2.46. The third-order valence-electron chi connectivity index (χ3n) is 2.46. The highest BCUT2D eigenvalue weighted by atomic mass is 14.0. The summed E-state index contributed by atoms with van der Waals surface area (Å²) in [6, 6.07) is 12.7. The highest BCUT2D eigenvalue weighted by Gasteiger charge is 1.98. The Labute approximate surface area is 98.6 Å². The summed E-state index contributed by atoms with van der Waals surface area (Å²) in [4.78, 5) is 0. The first-order chi connectivity index (χ1) is 7.74. The molecule has 0 saturated heterocycles. The fourth-order valence-electron chi connectivity index (χ4n) is 1.67. The van der Waals surface area contributed by atoms with Crippen LogP contribution in [0.15, 0.2) is 43.0 Å². The van der Waals surface area contributed by atoms with Crippen LogP contribution in [0.1, 0.15) is 31.4 Å². The fraction of sp³-hybridized carbons (Fsp3) is 0.250. The van der Waals surface area contributed by atoms with E-state index in [1.807, 2.05) is 6.08 Å². The van der Waals surface area contributed by atoms with Crippen LogP contribution in [0.5, 0.6) is 0 Å². The van der Waals surface area contributed by atoms with Gasteiger partial charge in [0.05, 0.1) is 0 Å². The van der Waals surface area contributed by atoms with E-state index in [1.165, 1.54) is 28.3 Å². The zero-order chi connectivity index (χ0) is 12.0. The van der Waals surface area contributed by atoms with Gasteiger partial charge in [-0.15, -0.1) is 0 Å². The largest absolute Gasteiger partial charge is 0.0985 e. The Morgan fingerprint density at radius 2 is 1.69 bits per heavy atom. The Bertz CT molecular complexity index is 466. The molecule has 0 heterocycles. The molecule has 0 aliphatic carbocycles. The molecule has 2 rings (SSSR count). The van der Waals surface area contributed by atoms with Gasteiger partial charge in [0.2, 0.25) is 0 Å². The molecular formula is C16H20. The van der Waals surface area contributed by atoms with Crippen LogP contribution in [-0.2, 0) is 0 Å². The topological polar surface area (TPSA) is 0 Å². The summed E-state index contributed by atoms with van der Waals surface area (Å²) in [6.45, 7) is 10.2. The fourth-order valence-corrected chi connectivity index (χ4v) is 1.67. The van der Waals surface area contributed by atoms with Crippen molar-refractivity contribution in [3.63, 3.8) is 0 Å². The molecule has 16 heavy (non-hydrogen) atoms. The van der Waals surface area contributed by atoms with Crippen molar-refractivity contribution in [2.45, 2.75) is 27.2 Å². The molecule has 0 fully saturated rings. The van der Waals surface area contributed by atoms with Gasteiger partial charge in [-0.2, -0.15) is 0 Å². The molecule has 0 saturated carbocycles. The van der Waals surface area contributed by atoms with E-state index < -0.39 is 0 Å². The van der Waals surface area contributed by atoms with E-state index in [4.69, 9.17) is 0 Å². The zero-order valence-electron chi connectivity index (χ0n) is 10.5. The minimum Gasteiger partial charge on any atom is -0.0985 e. The molecule has 0 nitrogen and oxygen atoms in total. The van der Waals surface area contributed by atoms with Crippen molar-refractivity contribution in [2.75, 3.05) is 0 Å². The first-order valence-corrected chi connectivity index (χ1v) is 5.85. The number of aryl methyl sites for hydroxylation is 1. The van der Waals surface area contributed by atoms with Crippen LogP contribution < -0.4 is 0 Å². The summed E-state index contributed by atoms with van der Waals surface area (Å²) in [5, 5.41) is 2.62. The number of rotatable bonds is 1. The quantitative estimate of drug-likeness (QED) is 0.609. The van der Waals surface area contributed by atoms with Crippen LogP contribution in [-0.4, -0.2) is 0 Å². The van der Waals surface area contributed by atoms with Crippen molar-refractivity contribution in [1.29, 1.82) is 0 Å². The number of hydrogen-bond acceptors (Lipinski definition) is 0. The minimum atomic E-state index is 1.22. The zero-order valence-corrected chi connectivity index (χ0v) is 10.5. The molecule has 0 aromatic heterocycles. The minimum absolute atomic E-state index is 1.22. The molecule has 0 aliphatic heterocycles. The Morgan fingerprint density at radius 3 is 2.31 bits per heavy atom. The third kappa shape index (κ3) is 2.73. The van der Waals surface area contributed by atoms with E-state index in [-0.39, 0.29) is 0 Å². The van der Waals surface area contributed by atoms with Gasteiger partial charge in [-0.05, 0) is 28.8 Å². The molecule has 2 aromatic rings. The second-order valence-electron chi connectivity index (χ2n) is 3.91. The highest BCUT2D eigenvalue weighted by Crippen LogP contribution is 2.21. The maximum absolute atomic E-state index is 3.80. The lowest BCUT2D eigenvalue weighted by Gasteiger charge is -2.04. The van der Waals surface area contributed by atoms with Gasteiger partial charge in [0.25, 0.3) is 0 Å². The van der Waals surface area contributed by atoms with E-state index in [9.17, 15) is 0 Å². The summed E-state index contributed by atoms with van der Waals surface area (Å²) in [5.74, 6) is 0. The van der Waals surface area contributed by atoms with Gasteiger partial charge in [0.1, 0.15) is 0 Å². The lowest BCUT2D eigenvalue weighted by Crippen LogP contribution is -1.82. The molecule has 0 radical (unpaired) electrons. The number of benzene rings is 2. The van der Waals surface area contributed by atoms with Crippen molar-refractivity contribution < 1.29 is 0 Å². The van der Waals surface area contributed by atoms with Crippen molar-refractivity contribution in [3.8, 4) is 0 Å². The molecule has 84 valence electrons. The van der Waals surface area contributed by atoms with Gasteiger partial charge in [-0.1, -0.05) is 69.3 Å². The second-order valence-corrected chi connectivity index (χ2v) is 3.91.